The van der Waals surface area contributed by atoms with Crippen molar-refractivity contribution in [3.63, 3.8) is 0 Å². The van der Waals surface area contributed by atoms with Crippen LogP contribution in [0, 0.1) is 11.3 Å². The lowest BCUT2D eigenvalue weighted by Gasteiger charge is -2.16. The lowest BCUT2D eigenvalue weighted by atomic mass is 10.0. The van der Waals surface area contributed by atoms with Crippen molar-refractivity contribution in [2.75, 3.05) is 19.8 Å². The summed E-state index contributed by atoms with van der Waals surface area (Å²) >= 11 is 0. The Hall–Kier alpha value is -1.85. The van der Waals surface area contributed by atoms with Gasteiger partial charge in [-0.3, -0.25) is 4.90 Å². The second kappa shape index (κ2) is 5.74. The van der Waals surface area contributed by atoms with Crippen LogP contribution in [0.25, 0.3) is 0 Å². The Morgan fingerprint density at radius 1 is 1.32 bits per heavy atom. The Bertz CT molecular complexity index is 514. The summed E-state index contributed by atoms with van der Waals surface area (Å²) in [5.41, 5.74) is -1.71. The molecule has 0 aromatic carbocycles. The molecule has 3 atom stereocenters. The average molecular weight is 312 g/mol. The van der Waals surface area contributed by atoms with Crippen LogP contribution in [0.2, 0.25) is 0 Å². The van der Waals surface area contributed by atoms with Gasteiger partial charge in [0.15, 0.2) is 5.79 Å². The summed E-state index contributed by atoms with van der Waals surface area (Å²) in [7, 11) is 0. The van der Waals surface area contributed by atoms with Crippen LogP contribution in [-0.2, 0) is 23.7 Å². The van der Waals surface area contributed by atoms with E-state index in [4.69, 9.17) is 18.9 Å². The van der Waals surface area contributed by atoms with Crippen LogP contribution in [0.3, 0.4) is 0 Å². The summed E-state index contributed by atoms with van der Waals surface area (Å²) < 4.78 is 21.0. The minimum atomic E-state index is -1.71. The Morgan fingerprint density at radius 2 is 1.95 bits per heavy atom. The summed E-state index contributed by atoms with van der Waals surface area (Å²) in [5, 5.41) is 9.51. The van der Waals surface area contributed by atoms with Crippen molar-refractivity contribution in [3.05, 3.63) is 0 Å². The number of carbonyl (C=O) groups is 2. The lowest BCUT2D eigenvalue weighted by Crippen LogP contribution is -2.35. The average Bonchev–Trinajstić information content (AvgIpc) is 3.02. The minimum absolute atomic E-state index is 0.110. The standard InChI is InChI=1S/C14H20N2O6/c1-5-19-11(17)14(8-15)10(16(14)12(18)20-6-2)9-7-21-13(3,4)22-9/h9-10H,5-7H2,1-4H3/t9-,10-,14+,16?/m1/s1. The molecule has 2 aliphatic rings. The fourth-order valence-corrected chi connectivity index (χ4v) is 2.70. The molecule has 1 amide bonds. The number of nitriles is 1. The maximum absolute atomic E-state index is 12.2. The molecule has 8 nitrogen and oxygen atoms in total. The van der Waals surface area contributed by atoms with Crippen molar-refractivity contribution in [2.24, 2.45) is 0 Å². The molecule has 0 aromatic rings. The number of carbonyl (C=O) groups excluding carboxylic acids is 2. The highest BCUT2D eigenvalue weighted by atomic mass is 16.7. The summed E-state index contributed by atoms with van der Waals surface area (Å²) in [6.07, 6.45) is -1.33. The summed E-state index contributed by atoms with van der Waals surface area (Å²) in [6, 6.07) is 1.12. The molecule has 122 valence electrons. The zero-order valence-corrected chi connectivity index (χ0v) is 13.1. The van der Waals surface area contributed by atoms with E-state index >= 15 is 0 Å². The topological polar surface area (TPSA) is 97.9 Å². The van der Waals surface area contributed by atoms with E-state index in [1.165, 1.54) is 0 Å². The molecular weight excluding hydrogens is 292 g/mol. The molecule has 0 unspecified atom stereocenters. The normalized spacial score (nSPS) is 32.2. The Kier molecular flexibility index (Phi) is 4.31. The first kappa shape index (κ1) is 16.5. The molecule has 0 radical (unpaired) electrons. The van der Waals surface area contributed by atoms with Gasteiger partial charge in [-0.1, -0.05) is 0 Å². The zero-order chi connectivity index (χ0) is 16.5. The van der Waals surface area contributed by atoms with E-state index in [2.05, 4.69) is 0 Å². The molecule has 0 spiro atoms. The molecule has 8 heteroatoms. The molecular formula is C14H20N2O6. The van der Waals surface area contributed by atoms with Crippen LogP contribution in [0.1, 0.15) is 27.7 Å². The van der Waals surface area contributed by atoms with Crippen LogP contribution >= 0.6 is 0 Å². The summed E-state index contributed by atoms with van der Waals surface area (Å²) in [4.78, 5) is 25.4. The number of rotatable bonds is 4. The van der Waals surface area contributed by atoms with E-state index in [9.17, 15) is 14.9 Å². The molecule has 2 heterocycles. The third kappa shape index (κ3) is 2.51. The molecule has 0 N–H and O–H groups in total. The van der Waals surface area contributed by atoms with E-state index in [1.807, 2.05) is 6.07 Å². The molecule has 0 saturated carbocycles. The minimum Gasteiger partial charge on any atom is -0.463 e. The van der Waals surface area contributed by atoms with Gasteiger partial charge in [-0.2, -0.15) is 5.26 Å². The zero-order valence-electron chi connectivity index (χ0n) is 13.1. The molecule has 2 rings (SSSR count). The second-order valence-electron chi connectivity index (χ2n) is 5.48. The van der Waals surface area contributed by atoms with Crippen LogP contribution in [-0.4, -0.2) is 60.3 Å². The van der Waals surface area contributed by atoms with E-state index in [-0.39, 0.29) is 19.8 Å². The first-order valence-electron chi connectivity index (χ1n) is 7.20. The number of nitrogens with zero attached hydrogens (tertiary/aromatic N) is 2. The Balaban J connectivity index is 2.27. The van der Waals surface area contributed by atoms with Crippen molar-refractivity contribution in [1.29, 1.82) is 5.26 Å². The van der Waals surface area contributed by atoms with Crippen molar-refractivity contribution in [3.8, 4) is 6.07 Å². The summed E-state index contributed by atoms with van der Waals surface area (Å²) in [5.74, 6) is -1.60. The van der Waals surface area contributed by atoms with Crippen LogP contribution in [0.5, 0.6) is 0 Å². The quantitative estimate of drug-likeness (QED) is 0.559. The van der Waals surface area contributed by atoms with Gasteiger partial charge >= 0.3 is 12.1 Å². The predicted molar refractivity (Wildman–Crippen MR) is 72.5 cm³/mol. The highest BCUT2D eigenvalue weighted by Gasteiger charge is 2.77. The smallest absolute Gasteiger partial charge is 0.412 e. The SMILES string of the molecule is CCOC(=O)N1[C@H]([C@H]2COC(C)(C)O2)[C@@]1(C#N)C(=O)OCC. The summed E-state index contributed by atoms with van der Waals surface area (Å²) in [6.45, 7) is 7.15. The van der Waals surface area contributed by atoms with Crippen LogP contribution < -0.4 is 0 Å². The third-order valence-electron chi connectivity index (χ3n) is 3.62. The van der Waals surface area contributed by atoms with Gasteiger partial charge in [0.2, 0.25) is 0 Å². The molecule has 0 bridgehead atoms. The highest BCUT2D eigenvalue weighted by molar-refractivity contribution is 5.96. The van der Waals surface area contributed by atoms with Gasteiger partial charge in [0.1, 0.15) is 18.2 Å². The molecule has 0 aromatic heterocycles. The number of hydrogen-bond donors (Lipinski definition) is 0. The van der Waals surface area contributed by atoms with E-state index in [0.29, 0.717) is 0 Å². The maximum atomic E-state index is 12.2. The number of hydrogen-bond acceptors (Lipinski definition) is 7. The Labute approximate surface area is 128 Å². The first-order chi connectivity index (χ1) is 10.3. The van der Waals surface area contributed by atoms with Gasteiger partial charge in [0.05, 0.1) is 19.8 Å². The van der Waals surface area contributed by atoms with Crippen LogP contribution in [0.15, 0.2) is 0 Å². The van der Waals surface area contributed by atoms with Gasteiger partial charge in [-0.15, -0.1) is 0 Å². The van der Waals surface area contributed by atoms with Crippen molar-refractivity contribution in [1.82, 2.24) is 4.90 Å². The molecule has 2 saturated heterocycles. The largest absolute Gasteiger partial charge is 0.463 e. The van der Waals surface area contributed by atoms with Gasteiger partial charge in [0, 0.05) is 0 Å². The fourth-order valence-electron chi connectivity index (χ4n) is 2.70. The number of ether oxygens (including phenoxy) is 4. The first-order valence-corrected chi connectivity index (χ1v) is 7.20. The van der Waals surface area contributed by atoms with E-state index in [0.717, 1.165) is 4.90 Å². The predicted octanol–water partition coefficient (Wildman–Crippen LogP) is 0.804. The maximum Gasteiger partial charge on any atom is 0.412 e. The van der Waals surface area contributed by atoms with Gasteiger partial charge in [0.25, 0.3) is 5.54 Å². The van der Waals surface area contributed by atoms with Gasteiger partial charge < -0.3 is 18.9 Å². The lowest BCUT2D eigenvalue weighted by molar-refractivity contribution is -0.147. The van der Waals surface area contributed by atoms with E-state index in [1.54, 1.807) is 27.7 Å². The number of esters is 1. The Morgan fingerprint density at radius 3 is 2.41 bits per heavy atom. The van der Waals surface area contributed by atoms with Crippen LogP contribution in [0.4, 0.5) is 4.79 Å². The molecule has 0 aliphatic carbocycles. The van der Waals surface area contributed by atoms with Crippen molar-refractivity contribution in [2.45, 2.75) is 51.2 Å². The van der Waals surface area contributed by atoms with Crippen molar-refractivity contribution < 1.29 is 28.5 Å². The molecule has 2 fully saturated rings. The molecule has 2 aliphatic heterocycles. The molecule has 22 heavy (non-hydrogen) atoms. The fraction of sp³-hybridized carbons (Fsp3) is 0.786. The van der Waals surface area contributed by atoms with E-state index < -0.39 is 35.5 Å². The highest BCUT2D eigenvalue weighted by Crippen LogP contribution is 2.47. The van der Waals surface area contributed by atoms with Gasteiger partial charge in [-0.05, 0) is 27.7 Å². The van der Waals surface area contributed by atoms with Gasteiger partial charge in [-0.25, -0.2) is 9.59 Å². The monoisotopic (exact) mass is 312 g/mol. The number of amides is 1. The second-order valence-corrected chi connectivity index (χ2v) is 5.48. The van der Waals surface area contributed by atoms with Crippen molar-refractivity contribution >= 4 is 12.1 Å². The third-order valence-corrected chi connectivity index (χ3v) is 3.62.